The number of imidazole rings is 1. The first-order valence-electron chi connectivity index (χ1n) is 15.6. The number of rotatable bonds is 6. The van der Waals surface area contributed by atoms with Gasteiger partial charge < -0.3 is 15.0 Å². The van der Waals surface area contributed by atoms with Crippen molar-refractivity contribution in [1.82, 2.24) is 45.6 Å². The molecule has 0 spiro atoms. The SMILES string of the molecule is O=C1Nc2cc3[nH]nc(-c4ccnc(-c5cccc(CNC(=O)c6nc7cc8c(-c9ccncc9)n[nH]c8cc7[nH]6)c5)c4)c3cc2CCO1. The minimum atomic E-state index is -0.458. The summed E-state index contributed by atoms with van der Waals surface area (Å²) in [4.78, 5) is 41.5. The number of fused-ring (bicyclic) bond motifs is 4. The highest BCUT2D eigenvalue weighted by Gasteiger charge is 2.19. The molecule has 5 aromatic heterocycles. The second-order valence-electron chi connectivity index (χ2n) is 11.8. The van der Waals surface area contributed by atoms with Gasteiger partial charge in [-0.25, -0.2) is 9.78 Å². The van der Waals surface area contributed by atoms with Gasteiger partial charge in [0.15, 0.2) is 5.82 Å². The lowest BCUT2D eigenvalue weighted by Gasteiger charge is -2.08. The molecule has 0 bridgehead atoms. The third-order valence-electron chi connectivity index (χ3n) is 8.67. The summed E-state index contributed by atoms with van der Waals surface area (Å²) in [6.45, 7) is 0.616. The lowest BCUT2D eigenvalue weighted by atomic mass is 10.0. The molecular formula is C36H26N10O3. The molecule has 0 saturated heterocycles. The number of cyclic esters (lactones) is 1. The minimum Gasteiger partial charge on any atom is -0.449 e. The summed E-state index contributed by atoms with van der Waals surface area (Å²) in [5.74, 6) is -0.0862. The number of nitrogens with one attached hydrogen (secondary N) is 5. The molecule has 9 rings (SSSR count). The average molecular weight is 647 g/mol. The van der Waals surface area contributed by atoms with Crippen LogP contribution in [0.3, 0.4) is 0 Å². The predicted octanol–water partition coefficient (Wildman–Crippen LogP) is 6.14. The molecular weight excluding hydrogens is 620 g/mol. The maximum Gasteiger partial charge on any atom is 0.411 e. The number of benzene rings is 3. The molecule has 0 saturated carbocycles. The van der Waals surface area contributed by atoms with Gasteiger partial charge in [-0.2, -0.15) is 10.2 Å². The van der Waals surface area contributed by atoms with Gasteiger partial charge >= 0.3 is 6.09 Å². The van der Waals surface area contributed by atoms with Gasteiger partial charge in [-0.15, -0.1) is 0 Å². The Hall–Kier alpha value is -6.89. The fraction of sp³-hybridized carbons (Fsp3) is 0.0833. The van der Waals surface area contributed by atoms with Crippen LogP contribution in [0.1, 0.15) is 21.7 Å². The van der Waals surface area contributed by atoms with E-state index < -0.39 is 6.09 Å². The van der Waals surface area contributed by atoms with E-state index in [0.717, 1.165) is 77.9 Å². The van der Waals surface area contributed by atoms with Crippen LogP contribution >= 0.6 is 0 Å². The first kappa shape index (κ1) is 28.3. The molecule has 1 aliphatic rings. The topological polar surface area (TPSA) is 179 Å². The zero-order valence-corrected chi connectivity index (χ0v) is 25.7. The van der Waals surface area contributed by atoms with Gasteiger partial charge in [0.2, 0.25) is 0 Å². The van der Waals surface area contributed by atoms with E-state index in [1.807, 2.05) is 72.8 Å². The molecule has 0 unspecified atom stereocenters. The Balaban J connectivity index is 0.938. The van der Waals surface area contributed by atoms with Crippen molar-refractivity contribution in [3.05, 3.63) is 108 Å². The van der Waals surface area contributed by atoms with Gasteiger partial charge in [-0.1, -0.05) is 18.2 Å². The van der Waals surface area contributed by atoms with Crippen molar-refractivity contribution in [2.75, 3.05) is 11.9 Å². The van der Waals surface area contributed by atoms with E-state index in [1.165, 1.54) is 0 Å². The highest BCUT2D eigenvalue weighted by Crippen LogP contribution is 2.33. The number of anilines is 1. The van der Waals surface area contributed by atoms with Crippen LogP contribution in [-0.2, 0) is 17.7 Å². The summed E-state index contributed by atoms with van der Waals surface area (Å²) < 4.78 is 5.15. The van der Waals surface area contributed by atoms with Crippen LogP contribution in [-0.4, -0.2) is 58.9 Å². The van der Waals surface area contributed by atoms with E-state index in [4.69, 9.17) is 4.74 Å². The molecule has 1 aliphatic heterocycles. The second kappa shape index (κ2) is 11.4. The van der Waals surface area contributed by atoms with E-state index >= 15 is 0 Å². The van der Waals surface area contributed by atoms with Crippen molar-refractivity contribution < 1.29 is 14.3 Å². The number of H-pyrrole nitrogens is 3. The molecule has 6 heterocycles. The Morgan fingerprint density at radius 2 is 1.61 bits per heavy atom. The molecule has 0 aliphatic carbocycles. The standard InChI is InChI=1S/C36H26N10O3/c47-35(34-40-30-15-25-29(17-31(30)41-34)44-45-32(25)20-4-8-37-9-5-20)39-18-19-2-1-3-21(12-19)26-14-23(6-10-38-26)33-24-13-22-7-11-49-36(48)42-27(22)16-28(24)43-46-33/h1-6,8-10,12-17H,7,11,18H2,(H,39,47)(H,40,41)(H,42,48)(H,43,46)(H,44,45). The Kier molecular flexibility index (Phi) is 6.60. The molecule has 3 aromatic carbocycles. The molecule has 13 heteroatoms. The van der Waals surface area contributed by atoms with Gasteiger partial charge in [0, 0.05) is 64.7 Å². The highest BCUT2D eigenvalue weighted by atomic mass is 16.5. The molecule has 0 fully saturated rings. The number of aromatic nitrogens is 8. The molecule has 238 valence electrons. The monoisotopic (exact) mass is 646 g/mol. The number of ether oxygens (including phenoxy) is 1. The molecule has 2 amide bonds. The third-order valence-corrected chi connectivity index (χ3v) is 8.67. The first-order chi connectivity index (χ1) is 24.1. The van der Waals surface area contributed by atoms with Crippen LogP contribution in [0.4, 0.5) is 10.5 Å². The summed E-state index contributed by atoms with van der Waals surface area (Å²) in [6, 6.07) is 23.4. The number of amides is 2. The van der Waals surface area contributed by atoms with Crippen molar-refractivity contribution in [3.8, 4) is 33.8 Å². The minimum absolute atomic E-state index is 0.227. The second-order valence-corrected chi connectivity index (χ2v) is 11.8. The Morgan fingerprint density at radius 3 is 2.49 bits per heavy atom. The number of nitrogens with zero attached hydrogens (tertiary/aromatic N) is 5. The largest absolute Gasteiger partial charge is 0.449 e. The van der Waals surface area contributed by atoms with Gasteiger partial charge in [-0.3, -0.25) is 30.3 Å². The fourth-order valence-corrected chi connectivity index (χ4v) is 6.25. The van der Waals surface area contributed by atoms with Crippen molar-refractivity contribution in [1.29, 1.82) is 0 Å². The van der Waals surface area contributed by atoms with Gasteiger partial charge in [0.1, 0.15) is 11.4 Å². The maximum absolute atomic E-state index is 13.2. The number of aromatic amines is 3. The zero-order valence-electron chi connectivity index (χ0n) is 25.7. The lowest BCUT2D eigenvalue weighted by molar-refractivity contribution is 0.0941. The summed E-state index contributed by atoms with van der Waals surface area (Å²) >= 11 is 0. The molecule has 8 aromatic rings. The van der Waals surface area contributed by atoms with Gasteiger partial charge in [0.05, 0.1) is 34.4 Å². The number of hydrogen-bond acceptors (Lipinski definition) is 8. The van der Waals surface area contributed by atoms with Crippen molar-refractivity contribution in [3.63, 3.8) is 0 Å². The molecule has 13 nitrogen and oxygen atoms in total. The molecule has 0 radical (unpaired) electrons. The van der Waals surface area contributed by atoms with Crippen LogP contribution < -0.4 is 10.6 Å². The number of pyridine rings is 2. The van der Waals surface area contributed by atoms with E-state index in [2.05, 4.69) is 51.0 Å². The van der Waals surface area contributed by atoms with Crippen LogP contribution in [0.2, 0.25) is 0 Å². The van der Waals surface area contributed by atoms with Gasteiger partial charge in [-0.05, 0) is 65.7 Å². The lowest BCUT2D eigenvalue weighted by Crippen LogP contribution is -2.23. The quantitative estimate of drug-likeness (QED) is 0.143. The van der Waals surface area contributed by atoms with Crippen LogP contribution in [0.5, 0.6) is 0 Å². The predicted molar refractivity (Wildman–Crippen MR) is 184 cm³/mol. The summed E-state index contributed by atoms with van der Waals surface area (Å²) in [7, 11) is 0. The van der Waals surface area contributed by atoms with Gasteiger partial charge in [0.25, 0.3) is 5.91 Å². The number of carbonyl (C=O) groups excluding carboxylic acids is 2. The highest BCUT2D eigenvalue weighted by molar-refractivity contribution is 6.03. The first-order valence-corrected chi connectivity index (χ1v) is 15.6. The van der Waals surface area contributed by atoms with Crippen LogP contribution in [0.25, 0.3) is 66.6 Å². The molecule has 49 heavy (non-hydrogen) atoms. The smallest absolute Gasteiger partial charge is 0.411 e. The third kappa shape index (κ3) is 5.19. The van der Waals surface area contributed by atoms with Crippen LogP contribution in [0, 0.1) is 0 Å². The van der Waals surface area contributed by atoms with E-state index in [9.17, 15) is 9.59 Å². The summed E-state index contributed by atoms with van der Waals surface area (Å²) in [5.41, 5.74) is 10.8. The van der Waals surface area contributed by atoms with Crippen molar-refractivity contribution >= 4 is 50.5 Å². The Bertz CT molecular complexity index is 2570. The summed E-state index contributed by atoms with van der Waals surface area (Å²) in [5, 5.41) is 22.8. The van der Waals surface area contributed by atoms with E-state index in [1.54, 1.807) is 18.6 Å². The van der Waals surface area contributed by atoms with Crippen molar-refractivity contribution in [2.24, 2.45) is 0 Å². The summed E-state index contributed by atoms with van der Waals surface area (Å²) in [6.07, 6.45) is 5.36. The number of hydrogen-bond donors (Lipinski definition) is 5. The molecule has 0 atom stereocenters. The molecule has 5 N–H and O–H groups in total. The van der Waals surface area contributed by atoms with E-state index in [-0.39, 0.29) is 11.7 Å². The number of carbonyl (C=O) groups is 2. The normalized spacial score (nSPS) is 12.9. The maximum atomic E-state index is 13.2. The Morgan fingerprint density at radius 1 is 0.816 bits per heavy atom. The van der Waals surface area contributed by atoms with Crippen molar-refractivity contribution in [2.45, 2.75) is 13.0 Å². The fourth-order valence-electron chi connectivity index (χ4n) is 6.25. The van der Waals surface area contributed by atoms with Crippen LogP contribution in [0.15, 0.2) is 91.4 Å². The Labute approximate surface area is 277 Å². The zero-order chi connectivity index (χ0) is 32.9. The average Bonchev–Trinajstić information content (AvgIpc) is 3.83. The van der Waals surface area contributed by atoms with E-state index in [0.29, 0.717) is 25.1 Å².